The van der Waals surface area contributed by atoms with Gasteiger partial charge in [-0.25, -0.2) is 4.39 Å². The van der Waals surface area contributed by atoms with Gasteiger partial charge in [0.25, 0.3) is 0 Å². The number of hydrogen-bond donors (Lipinski definition) is 0. The van der Waals surface area contributed by atoms with Crippen LogP contribution in [0.3, 0.4) is 0 Å². The van der Waals surface area contributed by atoms with Crippen molar-refractivity contribution in [2.45, 2.75) is 12.6 Å². The third-order valence-corrected chi connectivity index (χ3v) is 4.52. The van der Waals surface area contributed by atoms with E-state index >= 15 is 0 Å². The van der Waals surface area contributed by atoms with Crippen LogP contribution in [-0.2, 0) is 12.6 Å². The smallest absolute Gasteiger partial charge is 0.207 e. The Kier molecular flexibility index (Phi) is 4.55. The van der Waals surface area contributed by atoms with Crippen molar-refractivity contribution >= 4 is 10.9 Å². The Balaban J connectivity index is 1.99. The quantitative estimate of drug-likeness (QED) is 0.403. The van der Waals surface area contributed by atoms with Gasteiger partial charge in [-0.05, 0) is 29.3 Å². The Morgan fingerprint density at radius 1 is 0.750 bits per heavy atom. The van der Waals surface area contributed by atoms with E-state index in [1.807, 2.05) is 30.3 Å². The second-order valence-corrected chi connectivity index (χ2v) is 6.39. The van der Waals surface area contributed by atoms with Gasteiger partial charge in [-0.2, -0.15) is 18.3 Å². The molecule has 2 nitrogen and oxygen atoms in total. The highest BCUT2D eigenvalue weighted by atomic mass is 19.4. The van der Waals surface area contributed by atoms with Crippen molar-refractivity contribution in [3.8, 4) is 11.1 Å². The maximum absolute atomic E-state index is 13.4. The summed E-state index contributed by atoms with van der Waals surface area (Å²) >= 11 is 0. The summed E-state index contributed by atoms with van der Waals surface area (Å²) in [6.45, 7) is 0. The normalized spacial score (nSPS) is 11.7. The molecule has 4 aromatic rings. The van der Waals surface area contributed by atoms with Crippen molar-refractivity contribution in [1.29, 1.82) is 0 Å². The van der Waals surface area contributed by atoms with Gasteiger partial charge in [-0.3, -0.25) is 0 Å². The molecule has 0 spiro atoms. The average molecular weight is 382 g/mol. The first-order valence-corrected chi connectivity index (χ1v) is 8.59. The standard InChI is InChI=1S/C22H14F4N2/c23-16-11-9-15(10-12-16)20-17-7-4-8-18(22(24,25)26)21(17)28-27-19(20)13-14-5-2-1-3-6-14/h1-12H,13H2. The number of rotatable bonds is 3. The molecule has 1 aromatic heterocycles. The molecule has 1 heterocycles. The van der Waals surface area contributed by atoms with Gasteiger partial charge in [-0.15, -0.1) is 5.10 Å². The summed E-state index contributed by atoms with van der Waals surface area (Å²) in [4.78, 5) is 0. The molecule has 4 rings (SSSR count). The van der Waals surface area contributed by atoms with Gasteiger partial charge in [0.05, 0.1) is 11.3 Å². The van der Waals surface area contributed by atoms with E-state index in [0.717, 1.165) is 11.6 Å². The first-order chi connectivity index (χ1) is 13.4. The zero-order valence-electron chi connectivity index (χ0n) is 14.5. The molecule has 28 heavy (non-hydrogen) atoms. The number of fused-ring (bicyclic) bond motifs is 1. The van der Waals surface area contributed by atoms with Gasteiger partial charge in [0.2, 0.25) is 0 Å². The monoisotopic (exact) mass is 382 g/mol. The van der Waals surface area contributed by atoms with Crippen LogP contribution in [0.1, 0.15) is 16.8 Å². The largest absolute Gasteiger partial charge is 0.418 e. The number of hydrogen-bond acceptors (Lipinski definition) is 2. The molecular weight excluding hydrogens is 368 g/mol. The second-order valence-electron chi connectivity index (χ2n) is 6.39. The molecule has 3 aromatic carbocycles. The van der Waals surface area contributed by atoms with Crippen molar-refractivity contribution in [1.82, 2.24) is 10.2 Å². The minimum Gasteiger partial charge on any atom is -0.207 e. The maximum atomic E-state index is 13.4. The lowest BCUT2D eigenvalue weighted by Crippen LogP contribution is -2.09. The van der Waals surface area contributed by atoms with Crippen LogP contribution in [-0.4, -0.2) is 10.2 Å². The Morgan fingerprint density at radius 3 is 2.14 bits per heavy atom. The molecule has 0 amide bonds. The molecular formula is C22H14F4N2. The maximum Gasteiger partial charge on any atom is 0.418 e. The number of alkyl halides is 3. The fourth-order valence-electron chi connectivity index (χ4n) is 3.25. The van der Waals surface area contributed by atoms with Gasteiger partial charge < -0.3 is 0 Å². The summed E-state index contributed by atoms with van der Waals surface area (Å²) in [6, 6.07) is 19.0. The van der Waals surface area contributed by atoms with Gasteiger partial charge in [-0.1, -0.05) is 54.6 Å². The molecule has 0 saturated heterocycles. The zero-order chi connectivity index (χ0) is 19.7. The van der Waals surface area contributed by atoms with E-state index in [1.165, 1.54) is 18.2 Å². The predicted octanol–water partition coefficient (Wildman–Crippen LogP) is 6.05. The lowest BCUT2D eigenvalue weighted by atomic mass is 9.95. The molecule has 0 aliphatic rings. The minimum absolute atomic E-state index is 0.217. The first kappa shape index (κ1) is 18.1. The van der Waals surface area contributed by atoms with Crippen molar-refractivity contribution in [3.63, 3.8) is 0 Å². The summed E-state index contributed by atoms with van der Waals surface area (Å²) in [6.07, 6.45) is -4.15. The molecule has 0 aliphatic carbocycles. The third kappa shape index (κ3) is 3.45. The highest BCUT2D eigenvalue weighted by Crippen LogP contribution is 2.38. The van der Waals surface area contributed by atoms with Crippen molar-refractivity contribution in [3.05, 3.63) is 95.4 Å². The number of halogens is 4. The topological polar surface area (TPSA) is 25.8 Å². The zero-order valence-corrected chi connectivity index (χ0v) is 14.5. The van der Waals surface area contributed by atoms with Gasteiger partial charge in [0, 0.05) is 17.4 Å². The number of aromatic nitrogens is 2. The van der Waals surface area contributed by atoms with E-state index in [2.05, 4.69) is 10.2 Å². The molecule has 6 heteroatoms. The summed E-state index contributed by atoms with van der Waals surface area (Å²) in [5, 5.41) is 8.37. The van der Waals surface area contributed by atoms with E-state index in [0.29, 0.717) is 28.6 Å². The van der Waals surface area contributed by atoms with Gasteiger partial charge in [0.1, 0.15) is 11.3 Å². The van der Waals surface area contributed by atoms with E-state index < -0.39 is 17.6 Å². The Labute approximate surface area is 158 Å². The van der Waals surface area contributed by atoms with Gasteiger partial charge >= 0.3 is 6.18 Å². The van der Waals surface area contributed by atoms with Crippen LogP contribution in [0.25, 0.3) is 22.0 Å². The minimum atomic E-state index is -4.55. The second kappa shape index (κ2) is 7.03. The molecule has 0 aliphatic heterocycles. The van der Waals surface area contributed by atoms with E-state index in [9.17, 15) is 17.6 Å². The summed E-state index contributed by atoms with van der Waals surface area (Å²) in [5.74, 6) is -0.421. The lowest BCUT2D eigenvalue weighted by molar-refractivity contribution is -0.136. The lowest BCUT2D eigenvalue weighted by Gasteiger charge is -2.15. The van der Waals surface area contributed by atoms with Crippen molar-refractivity contribution < 1.29 is 17.6 Å². The van der Waals surface area contributed by atoms with Gasteiger partial charge in [0.15, 0.2) is 0 Å². The van der Waals surface area contributed by atoms with E-state index in [-0.39, 0.29) is 5.52 Å². The Morgan fingerprint density at radius 2 is 1.46 bits per heavy atom. The van der Waals surface area contributed by atoms with Crippen LogP contribution in [0.2, 0.25) is 0 Å². The first-order valence-electron chi connectivity index (χ1n) is 8.59. The van der Waals surface area contributed by atoms with Crippen molar-refractivity contribution in [2.75, 3.05) is 0 Å². The van der Waals surface area contributed by atoms with Crippen LogP contribution < -0.4 is 0 Å². The van der Waals surface area contributed by atoms with Crippen LogP contribution in [0, 0.1) is 5.82 Å². The predicted molar refractivity (Wildman–Crippen MR) is 99.2 cm³/mol. The third-order valence-electron chi connectivity index (χ3n) is 4.52. The molecule has 0 fully saturated rings. The van der Waals surface area contributed by atoms with Crippen LogP contribution >= 0.6 is 0 Å². The van der Waals surface area contributed by atoms with E-state index in [1.54, 1.807) is 18.2 Å². The molecule has 0 saturated carbocycles. The number of benzene rings is 3. The average Bonchev–Trinajstić information content (AvgIpc) is 2.68. The SMILES string of the molecule is Fc1ccc(-c2c(Cc3ccccc3)nnc3c(C(F)(F)F)cccc23)cc1. The number of nitrogens with zero attached hydrogens (tertiary/aromatic N) is 2. The van der Waals surface area contributed by atoms with Crippen LogP contribution in [0.15, 0.2) is 72.8 Å². The Hall–Kier alpha value is -3.28. The summed E-state index contributed by atoms with van der Waals surface area (Å²) < 4.78 is 53.7. The fraction of sp³-hybridized carbons (Fsp3) is 0.0909. The molecule has 0 bridgehead atoms. The van der Waals surface area contributed by atoms with E-state index in [4.69, 9.17) is 0 Å². The van der Waals surface area contributed by atoms with Crippen LogP contribution in [0.5, 0.6) is 0 Å². The molecule has 0 unspecified atom stereocenters. The Bertz CT molecular complexity index is 1120. The molecule has 140 valence electrons. The van der Waals surface area contributed by atoms with Crippen LogP contribution in [0.4, 0.5) is 17.6 Å². The fourth-order valence-corrected chi connectivity index (χ4v) is 3.25. The highest BCUT2D eigenvalue weighted by Gasteiger charge is 2.34. The molecule has 0 atom stereocenters. The molecule has 0 radical (unpaired) electrons. The van der Waals surface area contributed by atoms with Crippen molar-refractivity contribution in [2.24, 2.45) is 0 Å². The summed E-state index contributed by atoms with van der Waals surface area (Å²) in [5.41, 5.74) is 1.54. The summed E-state index contributed by atoms with van der Waals surface area (Å²) in [7, 11) is 0. The highest BCUT2D eigenvalue weighted by molar-refractivity contribution is 5.97. The molecule has 0 N–H and O–H groups in total.